The predicted octanol–water partition coefficient (Wildman–Crippen LogP) is 3.16. The van der Waals surface area contributed by atoms with Crippen LogP contribution in [-0.2, 0) is 16.6 Å². The lowest BCUT2D eigenvalue weighted by molar-refractivity contribution is 0.528. The zero-order valence-electron chi connectivity index (χ0n) is 13.1. The summed E-state index contributed by atoms with van der Waals surface area (Å²) in [6.07, 6.45) is 0.934. The third-order valence-electron chi connectivity index (χ3n) is 3.35. The van der Waals surface area contributed by atoms with Crippen LogP contribution in [0, 0.1) is 5.92 Å². The van der Waals surface area contributed by atoms with E-state index < -0.39 is 10.0 Å². The smallest absolute Gasteiger partial charge is 0.240 e. The number of benzene rings is 1. The van der Waals surface area contributed by atoms with Crippen molar-refractivity contribution in [1.29, 1.82) is 0 Å². The van der Waals surface area contributed by atoms with Crippen LogP contribution >= 0.6 is 11.6 Å². The Kier molecular flexibility index (Phi) is 7.13. The van der Waals surface area contributed by atoms with E-state index in [-0.39, 0.29) is 4.90 Å². The largest absolute Gasteiger partial charge is 0.310 e. The summed E-state index contributed by atoms with van der Waals surface area (Å²) < 4.78 is 27.0. The van der Waals surface area contributed by atoms with Gasteiger partial charge in [-0.1, -0.05) is 51.8 Å². The van der Waals surface area contributed by atoms with Crippen LogP contribution in [0.1, 0.15) is 39.7 Å². The molecule has 1 aromatic rings. The minimum Gasteiger partial charge on any atom is -0.310 e. The predicted molar refractivity (Wildman–Crippen MR) is 88.1 cm³/mol. The summed E-state index contributed by atoms with van der Waals surface area (Å²) >= 11 is 6.18. The van der Waals surface area contributed by atoms with E-state index in [0.717, 1.165) is 12.0 Å². The van der Waals surface area contributed by atoms with Gasteiger partial charge < -0.3 is 5.32 Å². The van der Waals surface area contributed by atoms with Crippen molar-refractivity contribution < 1.29 is 8.42 Å². The Hall–Kier alpha value is -0.620. The summed E-state index contributed by atoms with van der Waals surface area (Å²) in [4.78, 5) is 0.212. The van der Waals surface area contributed by atoms with Crippen molar-refractivity contribution in [1.82, 2.24) is 10.0 Å². The van der Waals surface area contributed by atoms with E-state index in [1.165, 1.54) is 6.07 Å². The van der Waals surface area contributed by atoms with Gasteiger partial charge in [0, 0.05) is 24.2 Å². The van der Waals surface area contributed by atoms with Gasteiger partial charge in [0.05, 0.1) is 4.90 Å². The Morgan fingerprint density at radius 2 is 1.90 bits per heavy atom. The molecule has 0 aliphatic rings. The molecule has 0 amide bonds. The first-order valence-corrected chi connectivity index (χ1v) is 9.13. The molecule has 0 saturated carbocycles. The van der Waals surface area contributed by atoms with Crippen LogP contribution < -0.4 is 10.0 Å². The van der Waals surface area contributed by atoms with E-state index in [2.05, 4.69) is 10.0 Å². The Morgan fingerprint density at radius 3 is 2.43 bits per heavy atom. The van der Waals surface area contributed by atoms with Gasteiger partial charge in [0.2, 0.25) is 10.0 Å². The molecule has 21 heavy (non-hydrogen) atoms. The van der Waals surface area contributed by atoms with Gasteiger partial charge in [-0.2, -0.15) is 0 Å². The molecule has 4 nitrogen and oxygen atoms in total. The van der Waals surface area contributed by atoms with Crippen molar-refractivity contribution in [3.05, 3.63) is 28.8 Å². The lowest BCUT2D eigenvalue weighted by Gasteiger charge is -2.13. The Balaban J connectivity index is 2.82. The first-order valence-electron chi connectivity index (χ1n) is 7.27. The normalized spacial score (nSPS) is 13.6. The highest BCUT2D eigenvalue weighted by atomic mass is 35.5. The van der Waals surface area contributed by atoms with Gasteiger partial charge in [-0.25, -0.2) is 13.1 Å². The van der Waals surface area contributed by atoms with Crippen molar-refractivity contribution >= 4 is 21.6 Å². The minimum atomic E-state index is -3.49. The third kappa shape index (κ3) is 5.94. The van der Waals surface area contributed by atoms with E-state index in [1.54, 1.807) is 12.1 Å². The standard InChI is InChI=1S/C15H25ClN2O2S/c1-5-12(4)9-18-21(19,20)14-7-6-13(15(16)8-14)10-17-11(2)3/h6-8,11-12,17-18H,5,9-10H2,1-4H3. The van der Waals surface area contributed by atoms with Gasteiger partial charge in [0.25, 0.3) is 0 Å². The molecular weight excluding hydrogens is 308 g/mol. The van der Waals surface area contributed by atoms with Crippen LogP contribution in [0.5, 0.6) is 0 Å². The number of hydrogen-bond acceptors (Lipinski definition) is 3. The second kappa shape index (κ2) is 8.13. The van der Waals surface area contributed by atoms with Gasteiger partial charge in [-0.15, -0.1) is 0 Å². The van der Waals surface area contributed by atoms with Gasteiger partial charge in [-0.3, -0.25) is 0 Å². The van der Waals surface area contributed by atoms with Crippen LogP contribution in [-0.4, -0.2) is 21.0 Å². The second-order valence-electron chi connectivity index (χ2n) is 5.65. The van der Waals surface area contributed by atoms with Crippen molar-refractivity contribution in [2.45, 2.75) is 51.6 Å². The Bertz CT molecular complexity index is 559. The molecule has 0 saturated heterocycles. The summed E-state index contributed by atoms with van der Waals surface area (Å²) in [7, 11) is -3.49. The summed E-state index contributed by atoms with van der Waals surface area (Å²) in [5, 5.41) is 3.73. The highest BCUT2D eigenvalue weighted by molar-refractivity contribution is 7.89. The average molecular weight is 333 g/mol. The van der Waals surface area contributed by atoms with E-state index in [4.69, 9.17) is 11.6 Å². The fourth-order valence-electron chi connectivity index (χ4n) is 1.63. The van der Waals surface area contributed by atoms with Gasteiger partial charge >= 0.3 is 0 Å². The molecule has 1 unspecified atom stereocenters. The number of hydrogen-bond donors (Lipinski definition) is 2. The van der Waals surface area contributed by atoms with Crippen molar-refractivity contribution in [2.24, 2.45) is 5.92 Å². The lowest BCUT2D eigenvalue weighted by Crippen LogP contribution is -2.28. The zero-order valence-corrected chi connectivity index (χ0v) is 14.7. The van der Waals surface area contributed by atoms with Crippen molar-refractivity contribution in [3.8, 4) is 0 Å². The van der Waals surface area contributed by atoms with Gasteiger partial charge in [-0.05, 0) is 23.6 Å². The molecule has 0 bridgehead atoms. The zero-order chi connectivity index (χ0) is 16.0. The van der Waals surface area contributed by atoms with Crippen LogP contribution in [0.15, 0.2) is 23.1 Å². The maximum absolute atomic E-state index is 12.2. The molecule has 120 valence electrons. The maximum atomic E-state index is 12.2. The monoisotopic (exact) mass is 332 g/mol. The highest BCUT2D eigenvalue weighted by Gasteiger charge is 2.16. The Morgan fingerprint density at radius 1 is 1.24 bits per heavy atom. The summed E-state index contributed by atoms with van der Waals surface area (Å²) in [5.74, 6) is 0.310. The first kappa shape index (κ1) is 18.4. The van der Waals surface area contributed by atoms with E-state index in [0.29, 0.717) is 30.1 Å². The van der Waals surface area contributed by atoms with Gasteiger partial charge in [0.15, 0.2) is 0 Å². The maximum Gasteiger partial charge on any atom is 0.240 e. The molecule has 1 rings (SSSR count). The van der Waals surface area contributed by atoms with E-state index >= 15 is 0 Å². The number of sulfonamides is 1. The van der Waals surface area contributed by atoms with E-state index in [9.17, 15) is 8.42 Å². The molecule has 0 heterocycles. The molecule has 0 aliphatic carbocycles. The molecule has 6 heteroatoms. The number of halogens is 1. The first-order chi connectivity index (χ1) is 9.76. The third-order valence-corrected chi connectivity index (χ3v) is 5.13. The molecule has 1 atom stereocenters. The topological polar surface area (TPSA) is 58.2 Å². The second-order valence-corrected chi connectivity index (χ2v) is 7.83. The summed E-state index contributed by atoms with van der Waals surface area (Å²) in [5.41, 5.74) is 0.895. The van der Waals surface area contributed by atoms with Crippen LogP contribution in [0.25, 0.3) is 0 Å². The fraction of sp³-hybridized carbons (Fsp3) is 0.600. The molecule has 0 aromatic heterocycles. The molecular formula is C15H25ClN2O2S. The summed E-state index contributed by atoms with van der Waals surface area (Å²) in [6, 6.07) is 5.22. The fourth-order valence-corrected chi connectivity index (χ4v) is 3.14. The highest BCUT2D eigenvalue weighted by Crippen LogP contribution is 2.21. The van der Waals surface area contributed by atoms with Crippen molar-refractivity contribution in [2.75, 3.05) is 6.54 Å². The lowest BCUT2D eigenvalue weighted by atomic mass is 10.1. The Labute approximate surface area is 133 Å². The molecule has 2 N–H and O–H groups in total. The van der Waals surface area contributed by atoms with E-state index in [1.807, 2.05) is 27.7 Å². The molecule has 1 aromatic carbocycles. The SMILES string of the molecule is CCC(C)CNS(=O)(=O)c1ccc(CNC(C)C)c(Cl)c1. The molecule has 0 radical (unpaired) electrons. The van der Waals surface area contributed by atoms with Crippen LogP contribution in [0.4, 0.5) is 0 Å². The van der Waals surface area contributed by atoms with Gasteiger partial charge in [0.1, 0.15) is 0 Å². The quantitative estimate of drug-likeness (QED) is 0.768. The average Bonchev–Trinajstić information content (AvgIpc) is 2.43. The number of nitrogens with one attached hydrogen (secondary N) is 2. The number of rotatable bonds is 8. The molecule has 0 spiro atoms. The molecule has 0 aliphatic heterocycles. The van der Waals surface area contributed by atoms with Crippen LogP contribution in [0.3, 0.4) is 0 Å². The summed E-state index contributed by atoms with van der Waals surface area (Å²) in [6.45, 7) is 9.20. The molecule has 0 fully saturated rings. The minimum absolute atomic E-state index is 0.212. The van der Waals surface area contributed by atoms with Crippen LogP contribution in [0.2, 0.25) is 5.02 Å². The van der Waals surface area contributed by atoms with Crippen molar-refractivity contribution in [3.63, 3.8) is 0 Å².